The van der Waals surface area contributed by atoms with Crippen molar-refractivity contribution in [3.8, 4) is 17.1 Å². The number of carbonyl (C=O) groups is 1. The van der Waals surface area contributed by atoms with Crippen LogP contribution in [-0.2, 0) is 16.0 Å². The van der Waals surface area contributed by atoms with Crippen LogP contribution in [0.25, 0.3) is 11.3 Å². The third kappa shape index (κ3) is 3.41. The second-order valence-electron chi connectivity index (χ2n) is 11.2. The van der Waals surface area contributed by atoms with Gasteiger partial charge in [0.15, 0.2) is 0 Å². The molecule has 2 fully saturated rings. The van der Waals surface area contributed by atoms with Crippen molar-refractivity contribution in [2.45, 2.75) is 78.4 Å². The fourth-order valence-electron chi connectivity index (χ4n) is 7.35. The highest BCUT2D eigenvalue weighted by Crippen LogP contribution is 2.64. The Labute approximate surface area is 194 Å². The second-order valence-corrected chi connectivity index (χ2v) is 11.2. The van der Waals surface area contributed by atoms with E-state index in [1.807, 2.05) is 18.2 Å². The van der Waals surface area contributed by atoms with Crippen LogP contribution in [0.5, 0.6) is 5.75 Å². The van der Waals surface area contributed by atoms with E-state index in [1.165, 1.54) is 6.92 Å². The summed E-state index contributed by atoms with van der Waals surface area (Å²) < 4.78 is 18.1. The van der Waals surface area contributed by atoms with Crippen molar-refractivity contribution in [1.29, 1.82) is 0 Å². The van der Waals surface area contributed by atoms with Crippen LogP contribution in [0.4, 0.5) is 0 Å². The van der Waals surface area contributed by atoms with Crippen molar-refractivity contribution in [1.82, 2.24) is 4.98 Å². The van der Waals surface area contributed by atoms with Gasteiger partial charge < -0.3 is 13.9 Å². The molecule has 0 bridgehead atoms. The van der Waals surface area contributed by atoms with E-state index in [2.05, 4.69) is 32.7 Å². The number of fused-ring (bicyclic) bond motifs is 4. The Hall–Kier alpha value is -2.63. The molecule has 2 aromatic rings. The number of rotatable bonds is 2. The van der Waals surface area contributed by atoms with E-state index in [0.717, 1.165) is 31.2 Å². The number of pyridine rings is 1. The minimum atomic E-state index is -0.359. The molecule has 1 aliphatic heterocycles. The Bertz CT molecular complexity index is 1140. The molecule has 176 valence electrons. The summed E-state index contributed by atoms with van der Waals surface area (Å²) >= 11 is 0. The Kier molecular flexibility index (Phi) is 5.00. The maximum atomic E-state index is 13.1. The van der Waals surface area contributed by atoms with E-state index < -0.39 is 0 Å². The van der Waals surface area contributed by atoms with Crippen molar-refractivity contribution in [3.63, 3.8) is 0 Å². The highest BCUT2D eigenvalue weighted by molar-refractivity contribution is 5.66. The summed E-state index contributed by atoms with van der Waals surface area (Å²) in [7, 11) is 0. The maximum Gasteiger partial charge on any atom is 0.343 e. The fraction of sp³-hybridized carbons (Fsp3) is 0.593. The Morgan fingerprint density at radius 2 is 1.94 bits per heavy atom. The van der Waals surface area contributed by atoms with Gasteiger partial charge in [0.25, 0.3) is 0 Å². The van der Waals surface area contributed by atoms with Crippen LogP contribution >= 0.6 is 0 Å². The lowest BCUT2D eigenvalue weighted by atomic mass is 9.44. The molecule has 0 aromatic carbocycles. The molecule has 5 unspecified atom stereocenters. The molecule has 5 rings (SSSR count). The molecule has 0 saturated heterocycles. The number of aromatic nitrogens is 1. The molecular weight excluding hydrogens is 418 g/mol. The monoisotopic (exact) mass is 451 g/mol. The van der Waals surface area contributed by atoms with Gasteiger partial charge in [-0.2, -0.15) is 0 Å². The van der Waals surface area contributed by atoms with Crippen LogP contribution in [0.15, 0.2) is 39.8 Å². The van der Waals surface area contributed by atoms with E-state index in [1.54, 1.807) is 12.4 Å². The number of hydrogen-bond acceptors (Lipinski definition) is 6. The average Bonchev–Trinajstić information content (AvgIpc) is 2.75. The number of carbonyl (C=O) groups excluding carboxylic acids is 1. The summed E-state index contributed by atoms with van der Waals surface area (Å²) in [5.41, 5.74) is 0.533. The highest BCUT2D eigenvalue weighted by Gasteiger charge is 2.63. The first-order valence-electron chi connectivity index (χ1n) is 12.0. The van der Waals surface area contributed by atoms with Crippen LogP contribution in [0.3, 0.4) is 0 Å². The lowest BCUT2D eigenvalue weighted by molar-refractivity contribution is -0.204. The minimum Gasteiger partial charge on any atom is -0.487 e. The molecule has 0 spiro atoms. The quantitative estimate of drug-likeness (QED) is 0.586. The number of ether oxygens (including phenoxy) is 2. The van der Waals surface area contributed by atoms with Gasteiger partial charge in [-0.3, -0.25) is 9.78 Å². The topological polar surface area (TPSA) is 78.6 Å². The van der Waals surface area contributed by atoms with Gasteiger partial charge in [0.05, 0.1) is 5.56 Å². The Balaban J connectivity index is 1.52. The first-order valence-corrected chi connectivity index (χ1v) is 12.0. The molecule has 33 heavy (non-hydrogen) atoms. The molecule has 2 aromatic heterocycles. The number of esters is 1. The van der Waals surface area contributed by atoms with Crippen molar-refractivity contribution < 1.29 is 18.7 Å². The van der Waals surface area contributed by atoms with Crippen molar-refractivity contribution in [2.75, 3.05) is 0 Å². The maximum absolute atomic E-state index is 13.1. The van der Waals surface area contributed by atoms with E-state index in [4.69, 9.17) is 13.9 Å². The van der Waals surface area contributed by atoms with Gasteiger partial charge >= 0.3 is 11.6 Å². The second kappa shape index (κ2) is 7.44. The van der Waals surface area contributed by atoms with Gasteiger partial charge in [-0.1, -0.05) is 20.8 Å². The molecule has 5 atom stereocenters. The van der Waals surface area contributed by atoms with Crippen LogP contribution in [-0.4, -0.2) is 22.7 Å². The zero-order valence-electron chi connectivity index (χ0n) is 20.1. The molecule has 2 saturated carbocycles. The number of nitrogens with zero attached hydrogens (tertiary/aromatic N) is 1. The van der Waals surface area contributed by atoms with Crippen LogP contribution in [0, 0.1) is 22.7 Å². The first kappa shape index (κ1) is 22.2. The molecule has 3 heterocycles. The summed E-state index contributed by atoms with van der Waals surface area (Å²) in [5, 5.41) is 0. The summed E-state index contributed by atoms with van der Waals surface area (Å²) in [6.45, 7) is 10.5. The standard InChI is InChI=1S/C27H33NO5/c1-16(29)31-23-9-10-26(4)21(25(23,2)3)8-11-27(5)22(26)13-18-20(33-27)14-19(32-24(18)30)17-7-6-12-28-15-17/h6-7,12,14-15,21-23H,8-11,13H2,1-5H3. The zero-order valence-corrected chi connectivity index (χ0v) is 20.1. The molecule has 6 nitrogen and oxygen atoms in total. The Morgan fingerprint density at radius 1 is 1.15 bits per heavy atom. The van der Waals surface area contributed by atoms with E-state index in [-0.39, 0.29) is 40.0 Å². The largest absolute Gasteiger partial charge is 0.487 e. The molecule has 2 aliphatic carbocycles. The lowest BCUT2D eigenvalue weighted by Crippen LogP contribution is -2.64. The zero-order chi connectivity index (χ0) is 23.6. The van der Waals surface area contributed by atoms with E-state index >= 15 is 0 Å². The SMILES string of the molecule is CC(=O)OC1CCC2(C)C3Cc4c(cc(-c5cccnc5)oc4=O)OC3(C)CCC2C1(C)C. The van der Waals surface area contributed by atoms with Crippen molar-refractivity contribution in [2.24, 2.45) is 22.7 Å². The smallest absolute Gasteiger partial charge is 0.343 e. The van der Waals surface area contributed by atoms with Gasteiger partial charge in [0, 0.05) is 42.3 Å². The van der Waals surface area contributed by atoms with Crippen LogP contribution in [0.1, 0.15) is 65.9 Å². The van der Waals surface area contributed by atoms with Gasteiger partial charge in [-0.15, -0.1) is 0 Å². The van der Waals surface area contributed by atoms with Crippen molar-refractivity contribution >= 4 is 5.97 Å². The van der Waals surface area contributed by atoms with E-state index in [0.29, 0.717) is 29.4 Å². The Morgan fingerprint density at radius 3 is 2.64 bits per heavy atom. The van der Waals surface area contributed by atoms with Gasteiger partial charge in [-0.05, 0) is 62.5 Å². The highest BCUT2D eigenvalue weighted by atomic mass is 16.5. The predicted octanol–water partition coefficient (Wildman–Crippen LogP) is 5.18. The molecular formula is C27H33NO5. The fourth-order valence-corrected chi connectivity index (χ4v) is 7.35. The van der Waals surface area contributed by atoms with Gasteiger partial charge in [0.2, 0.25) is 0 Å². The molecule has 0 radical (unpaired) electrons. The minimum absolute atomic E-state index is 0.0285. The molecule has 0 amide bonds. The van der Waals surface area contributed by atoms with Crippen LogP contribution < -0.4 is 10.4 Å². The molecule has 6 heteroatoms. The molecule has 0 N–H and O–H groups in total. The summed E-state index contributed by atoms with van der Waals surface area (Å²) in [4.78, 5) is 28.9. The third-order valence-corrected chi connectivity index (χ3v) is 8.95. The average molecular weight is 452 g/mol. The van der Waals surface area contributed by atoms with E-state index in [9.17, 15) is 9.59 Å². The lowest BCUT2D eigenvalue weighted by Gasteiger charge is -2.64. The predicted molar refractivity (Wildman–Crippen MR) is 124 cm³/mol. The number of hydrogen-bond donors (Lipinski definition) is 0. The van der Waals surface area contributed by atoms with Crippen LogP contribution in [0.2, 0.25) is 0 Å². The van der Waals surface area contributed by atoms with Crippen molar-refractivity contribution in [3.05, 3.63) is 46.6 Å². The molecule has 3 aliphatic rings. The first-order chi connectivity index (χ1) is 15.5. The summed E-state index contributed by atoms with van der Waals surface area (Å²) in [5.74, 6) is 1.46. The van der Waals surface area contributed by atoms with Gasteiger partial charge in [-0.25, -0.2) is 4.79 Å². The summed E-state index contributed by atoms with van der Waals surface area (Å²) in [6, 6.07) is 5.55. The van der Waals surface area contributed by atoms with Gasteiger partial charge in [0.1, 0.15) is 23.2 Å². The third-order valence-electron chi connectivity index (χ3n) is 8.95. The normalized spacial score (nSPS) is 34.3. The summed E-state index contributed by atoms with van der Waals surface area (Å²) in [6.07, 6.45) is 7.61.